The molecule has 1 aliphatic carbocycles. The summed E-state index contributed by atoms with van der Waals surface area (Å²) in [6, 6.07) is 0. The molecule has 0 amide bonds. The Bertz CT molecular complexity index is 185. The first-order valence-electron chi connectivity index (χ1n) is 2.92. The molecule has 1 rings (SSSR count). The maximum Gasteiger partial charge on any atom is 0.230 e. The Morgan fingerprint density at radius 2 is 2.33 bits per heavy atom. The lowest BCUT2D eigenvalue weighted by molar-refractivity contribution is -0.754. The molecule has 48 valence electrons. The first-order chi connectivity index (χ1) is 4.30. The predicted octanol–water partition coefficient (Wildman–Crippen LogP) is 0.975. The zero-order valence-electron chi connectivity index (χ0n) is 5.41. The van der Waals surface area contributed by atoms with Gasteiger partial charge in [-0.25, -0.2) is 0 Å². The molecule has 0 saturated carbocycles. The average Bonchev–Trinajstić information content (AvgIpc) is 1.90. The van der Waals surface area contributed by atoms with Gasteiger partial charge in [0.2, 0.25) is 5.71 Å². The molecule has 0 radical (unpaired) electrons. The zero-order valence-corrected chi connectivity index (χ0v) is 5.41. The Kier molecular flexibility index (Phi) is 1.68. The number of allylic oxidation sites excluding steroid dienone is 4. The average molecular weight is 124 g/mol. The SMILES string of the molecule is C[N+](O)=C1C=CC=CC1. The Hall–Kier alpha value is -1.05. The van der Waals surface area contributed by atoms with E-state index in [1.807, 2.05) is 24.3 Å². The minimum atomic E-state index is 0.823. The van der Waals surface area contributed by atoms with Gasteiger partial charge in [0, 0.05) is 6.08 Å². The van der Waals surface area contributed by atoms with Crippen LogP contribution in [-0.2, 0) is 0 Å². The first-order valence-corrected chi connectivity index (χ1v) is 2.92. The lowest BCUT2D eigenvalue weighted by Crippen LogP contribution is -2.11. The van der Waals surface area contributed by atoms with Gasteiger partial charge in [-0.3, -0.25) is 5.21 Å². The largest absolute Gasteiger partial charge is 0.291 e. The van der Waals surface area contributed by atoms with Crippen LogP contribution >= 0.6 is 0 Å². The molecule has 0 bridgehead atoms. The van der Waals surface area contributed by atoms with E-state index in [9.17, 15) is 0 Å². The normalized spacial score (nSPS) is 22.3. The van der Waals surface area contributed by atoms with Crippen molar-refractivity contribution in [1.82, 2.24) is 0 Å². The van der Waals surface area contributed by atoms with E-state index in [1.165, 1.54) is 0 Å². The van der Waals surface area contributed by atoms with E-state index in [-0.39, 0.29) is 0 Å². The van der Waals surface area contributed by atoms with E-state index in [4.69, 9.17) is 5.21 Å². The molecule has 0 saturated heterocycles. The molecule has 0 unspecified atom stereocenters. The predicted molar refractivity (Wildman–Crippen MR) is 35.9 cm³/mol. The Labute approximate surface area is 54.4 Å². The molecule has 2 heteroatoms. The van der Waals surface area contributed by atoms with Crippen LogP contribution in [0.4, 0.5) is 0 Å². The lowest BCUT2D eigenvalue weighted by atomic mass is 10.1. The second-order valence-corrected chi connectivity index (χ2v) is 2.01. The van der Waals surface area contributed by atoms with Crippen LogP contribution in [0, 0.1) is 0 Å². The van der Waals surface area contributed by atoms with Crippen molar-refractivity contribution in [2.45, 2.75) is 6.42 Å². The van der Waals surface area contributed by atoms with E-state index in [0.29, 0.717) is 0 Å². The van der Waals surface area contributed by atoms with E-state index in [2.05, 4.69) is 0 Å². The first kappa shape index (κ1) is 6.08. The highest BCUT2D eigenvalue weighted by molar-refractivity contribution is 5.92. The van der Waals surface area contributed by atoms with Crippen LogP contribution in [0.1, 0.15) is 6.42 Å². The van der Waals surface area contributed by atoms with Crippen molar-refractivity contribution in [3.05, 3.63) is 24.3 Å². The Morgan fingerprint density at radius 3 is 2.67 bits per heavy atom. The van der Waals surface area contributed by atoms with Crippen molar-refractivity contribution < 1.29 is 9.95 Å². The van der Waals surface area contributed by atoms with Crippen LogP contribution in [0.2, 0.25) is 0 Å². The van der Waals surface area contributed by atoms with Gasteiger partial charge in [-0.1, -0.05) is 18.2 Å². The maximum atomic E-state index is 8.89. The summed E-state index contributed by atoms with van der Waals surface area (Å²) in [7, 11) is 1.62. The lowest BCUT2D eigenvalue weighted by Gasteiger charge is -1.93. The molecule has 1 aliphatic rings. The molecule has 0 atom stereocenters. The third-order valence-corrected chi connectivity index (χ3v) is 1.28. The summed E-state index contributed by atoms with van der Waals surface area (Å²) in [6.07, 6.45) is 8.59. The molecule has 0 aromatic heterocycles. The summed E-state index contributed by atoms with van der Waals surface area (Å²) in [5.74, 6) is 0. The van der Waals surface area contributed by atoms with Crippen molar-refractivity contribution in [1.29, 1.82) is 0 Å². The number of hydroxylamine groups is 1. The van der Waals surface area contributed by atoms with Crippen LogP contribution in [0.3, 0.4) is 0 Å². The van der Waals surface area contributed by atoms with E-state index in [1.54, 1.807) is 7.05 Å². The minimum absolute atomic E-state index is 0.823. The van der Waals surface area contributed by atoms with Gasteiger partial charge in [0.25, 0.3) is 0 Å². The molecule has 0 aromatic carbocycles. The summed E-state index contributed by atoms with van der Waals surface area (Å²) in [4.78, 5) is 0. The minimum Gasteiger partial charge on any atom is -0.291 e. The van der Waals surface area contributed by atoms with Crippen LogP contribution in [0.5, 0.6) is 0 Å². The number of rotatable bonds is 0. The van der Waals surface area contributed by atoms with Gasteiger partial charge in [0.05, 0.1) is 6.42 Å². The summed E-state index contributed by atoms with van der Waals surface area (Å²) in [5.41, 5.74) is 0.928. The van der Waals surface area contributed by atoms with Gasteiger partial charge < -0.3 is 0 Å². The van der Waals surface area contributed by atoms with E-state index < -0.39 is 0 Å². The highest BCUT2D eigenvalue weighted by Gasteiger charge is 2.04. The quantitative estimate of drug-likeness (QED) is 0.290. The fourth-order valence-corrected chi connectivity index (χ4v) is 0.742. The molecule has 0 spiro atoms. The van der Waals surface area contributed by atoms with Crippen LogP contribution in [0.25, 0.3) is 0 Å². The molecular weight excluding hydrogens is 114 g/mol. The van der Waals surface area contributed by atoms with E-state index >= 15 is 0 Å². The Morgan fingerprint density at radius 1 is 1.56 bits per heavy atom. The second-order valence-electron chi connectivity index (χ2n) is 2.01. The summed E-state index contributed by atoms with van der Waals surface area (Å²) in [5, 5.41) is 8.89. The van der Waals surface area contributed by atoms with Crippen molar-refractivity contribution in [2.24, 2.45) is 0 Å². The van der Waals surface area contributed by atoms with Crippen LogP contribution < -0.4 is 0 Å². The van der Waals surface area contributed by atoms with Gasteiger partial charge in [-0.05, 0) is 4.74 Å². The van der Waals surface area contributed by atoms with Gasteiger partial charge >= 0.3 is 0 Å². The second kappa shape index (κ2) is 2.49. The van der Waals surface area contributed by atoms with Gasteiger partial charge in [-0.15, -0.1) is 0 Å². The molecule has 0 aromatic rings. The van der Waals surface area contributed by atoms with Crippen molar-refractivity contribution in [3.63, 3.8) is 0 Å². The maximum absolute atomic E-state index is 8.89. The topological polar surface area (TPSA) is 23.2 Å². The van der Waals surface area contributed by atoms with Crippen molar-refractivity contribution in [3.8, 4) is 0 Å². The molecular formula is C7H10NO+. The van der Waals surface area contributed by atoms with Crippen molar-refractivity contribution in [2.75, 3.05) is 7.05 Å². The van der Waals surface area contributed by atoms with Gasteiger partial charge in [-0.2, -0.15) is 0 Å². The van der Waals surface area contributed by atoms with Crippen LogP contribution in [0.15, 0.2) is 24.3 Å². The third kappa shape index (κ3) is 1.42. The highest BCUT2D eigenvalue weighted by atomic mass is 16.5. The van der Waals surface area contributed by atoms with Crippen LogP contribution in [-0.4, -0.2) is 22.7 Å². The highest BCUT2D eigenvalue weighted by Crippen LogP contribution is 1.96. The summed E-state index contributed by atoms with van der Waals surface area (Å²) in [6.45, 7) is 0. The number of hydrogen-bond donors (Lipinski definition) is 1. The van der Waals surface area contributed by atoms with Crippen molar-refractivity contribution >= 4 is 5.71 Å². The molecule has 0 heterocycles. The molecule has 2 nitrogen and oxygen atoms in total. The number of hydrogen-bond acceptors (Lipinski definition) is 1. The molecule has 1 N–H and O–H groups in total. The van der Waals surface area contributed by atoms with Gasteiger partial charge in [0.1, 0.15) is 0 Å². The molecule has 0 aliphatic heterocycles. The Balaban J connectivity index is 2.78. The third-order valence-electron chi connectivity index (χ3n) is 1.28. The fourth-order valence-electron chi connectivity index (χ4n) is 0.742. The van der Waals surface area contributed by atoms with Gasteiger partial charge in [0.15, 0.2) is 7.05 Å². The zero-order chi connectivity index (χ0) is 6.69. The standard InChI is InChI=1S/C7H10NO/c1-8(9)7-5-3-2-4-6-7/h2-5,9H,6H2,1H3/q+1. The van der Waals surface area contributed by atoms with E-state index in [0.717, 1.165) is 16.9 Å². The molecule has 9 heavy (non-hydrogen) atoms. The monoisotopic (exact) mass is 124 g/mol. The fraction of sp³-hybridized carbons (Fsp3) is 0.286. The summed E-state index contributed by atoms with van der Waals surface area (Å²) < 4.78 is 1.14. The number of nitrogens with zero attached hydrogens (tertiary/aromatic N) is 1. The summed E-state index contributed by atoms with van der Waals surface area (Å²) >= 11 is 0. The molecule has 0 fully saturated rings. The smallest absolute Gasteiger partial charge is 0.230 e.